The van der Waals surface area contributed by atoms with Gasteiger partial charge in [0.15, 0.2) is 6.61 Å². The molecule has 4 nitrogen and oxygen atoms in total. The first kappa shape index (κ1) is 15.6. The monoisotopic (exact) mass is 302 g/mol. The fraction of sp³-hybridized carbons (Fsp3) is 0.500. The van der Waals surface area contributed by atoms with E-state index in [4.69, 9.17) is 0 Å². The summed E-state index contributed by atoms with van der Waals surface area (Å²) in [4.78, 5) is 11.8. The van der Waals surface area contributed by atoms with Crippen molar-refractivity contribution in [3.05, 3.63) is 29.8 Å². The number of halogens is 3. The summed E-state index contributed by atoms with van der Waals surface area (Å²) >= 11 is 0. The summed E-state index contributed by atoms with van der Waals surface area (Å²) in [6, 6.07) is 6.29. The van der Waals surface area contributed by atoms with E-state index in [-0.39, 0.29) is 24.1 Å². The second-order valence-corrected chi connectivity index (χ2v) is 4.96. The largest absolute Gasteiger partial charge is 0.484 e. The van der Waals surface area contributed by atoms with Crippen LogP contribution in [0, 0.1) is 5.92 Å². The predicted octanol–water partition coefficient (Wildman–Crippen LogP) is 1.85. The van der Waals surface area contributed by atoms with Gasteiger partial charge < -0.3 is 15.4 Å². The Morgan fingerprint density at radius 1 is 1.43 bits per heavy atom. The van der Waals surface area contributed by atoms with E-state index in [1.54, 1.807) is 12.1 Å². The smallest absolute Gasteiger partial charge is 0.422 e. The molecule has 7 heteroatoms. The lowest BCUT2D eigenvalue weighted by atomic mass is 10.1. The van der Waals surface area contributed by atoms with E-state index >= 15 is 0 Å². The number of amides is 1. The number of rotatable bonds is 5. The number of nitrogens with one attached hydrogen (secondary N) is 2. The van der Waals surface area contributed by atoms with E-state index in [1.165, 1.54) is 12.1 Å². The van der Waals surface area contributed by atoms with Gasteiger partial charge in [-0.25, -0.2) is 0 Å². The van der Waals surface area contributed by atoms with E-state index in [9.17, 15) is 18.0 Å². The lowest BCUT2D eigenvalue weighted by molar-refractivity contribution is -0.153. The Balaban J connectivity index is 1.84. The zero-order valence-corrected chi connectivity index (χ0v) is 11.4. The third-order valence-electron chi connectivity index (χ3n) is 3.20. The molecule has 1 atom stereocenters. The Labute approximate surface area is 120 Å². The maximum Gasteiger partial charge on any atom is 0.422 e. The van der Waals surface area contributed by atoms with Crippen LogP contribution in [0.5, 0.6) is 5.75 Å². The molecule has 1 aromatic rings. The van der Waals surface area contributed by atoms with Gasteiger partial charge in [-0.05, 0) is 30.7 Å². The van der Waals surface area contributed by atoms with Crippen LogP contribution in [0.15, 0.2) is 24.3 Å². The molecule has 1 aromatic carbocycles. The highest BCUT2D eigenvalue weighted by atomic mass is 19.4. The standard InChI is InChI=1S/C14H17F3N2O2/c15-14(16,17)9-21-12-3-1-2-10(6-12)7-19-13(20)11-4-5-18-8-11/h1-3,6,11,18H,4-5,7-9H2,(H,19,20). The minimum atomic E-state index is -4.36. The van der Waals surface area contributed by atoms with Crippen molar-refractivity contribution in [2.45, 2.75) is 19.1 Å². The molecular formula is C14H17F3N2O2. The van der Waals surface area contributed by atoms with Gasteiger partial charge in [0, 0.05) is 13.1 Å². The van der Waals surface area contributed by atoms with E-state index in [2.05, 4.69) is 15.4 Å². The van der Waals surface area contributed by atoms with Gasteiger partial charge in [0.2, 0.25) is 5.91 Å². The molecule has 2 rings (SSSR count). The van der Waals surface area contributed by atoms with Gasteiger partial charge in [-0.15, -0.1) is 0 Å². The van der Waals surface area contributed by atoms with Crippen LogP contribution in [0.2, 0.25) is 0 Å². The quantitative estimate of drug-likeness (QED) is 0.873. The molecule has 1 saturated heterocycles. The van der Waals surface area contributed by atoms with E-state index < -0.39 is 12.8 Å². The van der Waals surface area contributed by atoms with Crippen molar-refractivity contribution in [2.75, 3.05) is 19.7 Å². The van der Waals surface area contributed by atoms with Crippen LogP contribution in [0.3, 0.4) is 0 Å². The highest BCUT2D eigenvalue weighted by molar-refractivity contribution is 5.79. The van der Waals surface area contributed by atoms with Gasteiger partial charge in [0.25, 0.3) is 0 Å². The summed E-state index contributed by atoms with van der Waals surface area (Å²) in [6.07, 6.45) is -3.56. The van der Waals surface area contributed by atoms with Crippen LogP contribution in [0.4, 0.5) is 13.2 Å². The maximum absolute atomic E-state index is 12.1. The molecule has 0 aromatic heterocycles. The number of alkyl halides is 3. The molecule has 1 heterocycles. The van der Waals surface area contributed by atoms with Crippen molar-refractivity contribution >= 4 is 5.91 Å². The fourth-order valence-corrected chi connectivity index (χ4v) is 2.12. The van der Waals surface area contributed by atoms with Crippen LogP contribution in [0.1, 0.15) is 12.0 Å². The summed E-state index contributed by atoms with van der Waals surface area (Å²) in [6.45, 7) is 0.453. The molecule has 1 amide bonds. The topological polar surface area (TPSA) is 50.4 Å². The van der Waals surface area contributed by atoms with E-state index in [0.717, 1.165) is 13.0 Å². The highest BCUT2D eigenvalue weighted by Gasteiger charge is 2.28. The van der Waals surface area contributed by atoms with Crippen molar-refractivity contribution in [2.24, 2.45) is 5.92 Å². The first-order chi connectivity index (χ1) is 9.94. The maximum atomic E-state index is 12.1. The molecule has 0 aliphatic carbocycles. The Morgan fingerprint density at radius 3 is 2.90 bits per heavy atom. The highest BCUT2D eigenvalue weighted by Crippen LogP contribution is 2.19. The molecule has 1 fully saturated rings. The number of benzene rings is 1. The van der Waals surface area contributed by atoms with Crippen LogP contribution < -0.4 is 15.4 Å². The molecule has 1 unspecified atom stereocenters. The molecule has 0 bridgehead atoms. The van der Waals surface area contributed by atoms with Gasteiger partial charge in [-0.2, -0.15) is 13.2 Å². The zero-order chi connectivity index (χ0) is 15.3. The zero-order valence-electron chi connectivity index (χ0n) is 11.4. The Hall–Kier alpha value is -1.76. The number of ether oxygens (including phenoxy) is 1. The molecule has 0 radical (unpaired) electrons. The number of carbonyl (C=O) groups excluding carboxylic acids is 1. The summed E-state index contributed by atoms with van der Waals surface area (Å²) < 4.78 is 40.9. The molecule has 0 spiro atoms. The van der Waals surface area contributed by atoms with Crippen LogP contribution in [-0.2, 0) is 11.3 Å². The van der Waals surface area contributed by atoms with Gasteiger partial charge in [-0.1, -0.05) is 12.1 Å². The average Bonchev–Trinajstić information content (AvgIpc) is 2.96. The summed E-state index contributed by atoms with van der Waals surface area (Å²) in [7, 11) is 0. The Bertz CT molecular complexity index is 485. The molecule has 1 aliphatic rings. The summed E-state index contributed by atoms with van der Waals surface area (Å²) in [5.41, 5.74) is 0.703. The van der Waals surface area contributed by atoms with Gasteiger partial charge in [-0.3, -0.25) is 4.79 Å². The van der Waals surface area contributed by atoms with Crippen LogP contribution in [0.25, 0.3) is 0 Å². The lowest BCUT2D eigenvalue weighted by Gasteiger charge is -2.12. The van der Waals surface area contributed by atoms with E-state index in [0.29, 0.717) is 12.1 Å². The van der Waals surface area contributed by atoms with Crippen molar-refractivity contribution < 1.29 is 22.7 Å². The molecule has 0 saturated carbocycles. The second kappa shape index (κ2) is 6.80. The van der Waals surface area contributed by atoms with Crippen LogP contribution in [-0.4, -0.2) is 31.8 Å². The predicted molar refractivity (Wildman–Crippen MR) is 70.8 cm³/mol. The SMILES string of the molecule is O=C(NCc1cccc(OCC(F)(F)F)c1)C1CCNC1. The molecule has 116 valence electrons. The van der Waals surface area contributed by atoms with Gasteiger partial charge in [0.1, 0.15) is 5.75 Å². The molecular weight excluding hydrogens is 285 g/mol. The Morgan fingerprint density at radius 2 is 2.24 bits per heavy atom. The van der Waals surface area contributed by atoms with Crippen LogP contribution >= 0.6 is 0 Å². The minimum Gasteiger partial charge on any atom is -0.484 e. The fourth-order valence-electron chi connectivity index (χ4n) is 2.12. The summed E-state index contributed by atoms with van der Waals surface area (Å²) in [5, 5.41) is 5.89. The van der Waals surface area contributed by atoms with Gasteiger partial charge >= 0.3 is 6.18 Å². The van der Waals surface area contributed by atoms with Gasteiger partial charge in [0.05, 0.1) is 5.92 Å². The third kappa shape index (κ3) is 5.26. The van der Waals surface area contributed by atoms with Crippen molar-refractivity contribution in [3.8, 4) is 5.75 Å². The van der Waals surface area contributed by atoms with E-state index in [1.807, 2.05) is 0 Å². The minimum absolute atomic E-state index is 0.0327. The van der Waals surface area contributed by atoms with Crippen molar-refractivity contribution in [1.29, 1.82) is 0 Å². The van der Waals surface area contributed by atoms with Crippen molar-refractivity contribution in [1.82, 2.24) is 10.6 Å². The molecule has 2 N–H and O–H groups in total. The number of carbonyl (C=O) groups is 1. The first-order valence-corrected chi connectivity index (χ1v) is 6.71. The normalized spacial score (nSPS) is 18.5. The molecule has 21 heavy (non-hydrogen) atoms. The second-order valence-electron chi connectivity index (χ2n) is 4.96. The average molecular weight is 302 g/mol. The number of hydrogen-bond acceptors (Lipinski definition) is 3. The molecule has 1 aliphatic heterocycles. The summed E-state index contributed by atoms with van der Waals surface area (Å²) in [5.74, 6) is 0.0675. The van der Waals surface area contributed by atoms with Crippen molar-refractivity contribution in [3.63, 3.8) is 0 Å². The Kier molecular flexibility index (Phi) is 5.06. The lowest BCUT2D eigenvalue weighted by Crippen LogP contribution is -2.31. The first-order valence-electron chi connectivity index (χ1n) is 6.71. The third-order valence-corrected chi connectivity index (χ3v) is 3.20. The number of hydrogen-bond donors (Lipinski definition) is 2.